The summed E-state index contributed by atoms with van der Waals surface area (Å²) in [6.45, 7) is -0.128. The molecule has 106 valence electrons. The van der Waals surface area contributed by atoms with Gasteiger partial charge in [0.25, 0.3) is 0 Å². The minimum absolute atomic E-state index is 0.128. The highest BCUT2D eigenvalue weighted by atomic mass is 79.9. The van der Waals surface area contributed by atoms with E-state index in [4.69, 9.17) is 0 Å². The molecule has 0 saturated heterocycles. The van der Waals surface area contributed by atoms with Crippen LogP contribution in [0.25, 0.3) is 5.65 Å². The van der Waals surface area contributed by atoms with E-state index in [-0.39, 0.29) is 18.1 Å². The number of halogens is 1. The minimum atomic E-state index is -0.337. The van der Waals surface area contributed by atoms with Gasteiger partial charge in [-0.05, 0) is 36.4 Å². The van der Waals surface area contributed by atoms with Gasteiger partial charge >= 0.3 is 5.69 Å². The first-order chi connectivity index (χ1) is 10.1. The Morgan fingerprint density at radius 1 is 1.19 bits per heavy atom. The fraction of sp³-hybridized carbons (Fsp3) is 0.0714. The fourth-order valence-corrected chi connectivity index (χ4v) is 2.21. The molecule has 1 N–H and O–H groups in total. The number of benzene rings is 1. The molecule has 3 aromatic rings. The largest absolute Gasteiger partial charge is 0.350 e. The molecule has 0 atom stereocenters. The van der Waals surface area contributed by atoms with Crippen LogP contribution in [0.1, 0.15) is 0 Å². The van der Waals surface area contributed by atoms with Crippen molar-refractivity contribution >= 4 is 33.2 Å². The highest BCUT2D eigenvalue weighted by Gasteiger charge is 2.10. The number of nitrogens with one attached hydrogen (secondary N) is 1. The van der Waals surface area contributed by atoms with Gasteiger partial charge in [-0.1, -0.05) is 22.0 Å². The molecule has 0 aliphatic rings. The van der Waals surface area contributed by atoms with Crippen molar-refractivity contribution in [2.75, 3.05) is 5.32 Å². The summed E-state index contributed by atoms with van der Waals surface area (Å²) >= 11 is 3.32. The van der Waals surface area contributed by atoms with Gasteiger partial charge < -0.3 is 5.32 Å². The maximum Gasteiger partial charge on any atom is 0.350 e. The lowest BCUT2D eigenvalue weighted by Crippen LogP contribution is -2.28. The quantitative estimate of drug-likeness (QED) is 0.787. The van der Waals surface area contributed by atoms with Gasteiger partial charge in [-0.2, -0.15) is 0 Å². The number of fused-ring (bicyclic) bond motifs is 1. The van der Waals surface area contributed by atoms with Crippen LogP contribution >= 0.6 is 15.9 Å². The van der Waals surface area contributed by atoms with Crippen molar-refractivity contribution in [1.82, 2.24) is 14.2 Å². The number of carbonyl (C=O) groups excluding carboxylic acids is 1. The number of nitrogens with zero attached hydrogens (tertiary/aromatic N) is 3. The Hall–Kier alpha value is -2.41. The Morgan fingerprint density at radius 3 is 2.67 bits per heavy atom. The number of anilines is 1. The second-order valence-corrected chi connectivity index (χ2v) is 5.34. The first kappa shape index (κ1) is 13.6. The number of aromatic nitrogens is 3. The highest BCUT2D eigenvalue weighted by Crippen LogP contribution is 2.13. The summed E-state index contributed by atoms with van der Waals surface area (Å²) in [5.74, 6) is -0.303. The molecule has 0 spiro atoms. The summed E-state index contributed by atoms with van der Waals surface area (Å²) in [5, 5.41) is 6.83. The maximum atomic E-state index is 12.0. The van der Waals surface area contributed by atoms with Crippen molar-refractivity contribution in [3.05, 3.63) is 63.6 Å². The average molecular weight is 347 g/mol. The van der Waals surface area contributed by atoms with Crippen LogP contribution in [-0.2, 0) is 11.3 Å². The van der Waals surface area contributed by atoms with Crippen LogP contribution in [0, 0.1) is 0 Å². The summed E-state index contributed by atoms with van der Waals surface area (Å²) in [5.41, 5.74) is 0.843. The molecule has 0 aliphatic carbocycles. The predicted octanol–water partition coefficient (Wildman–Crippen LogP) is 1.90. The van der Waals surface area contributed by atoms with Crippen LogP contribution in [0.15, 0.2) is 57.9 Å². The van der Waals surface area contributed by atoms with Gasteiger partial charge in [0.15, 0.2) is 5.65 Å². The van der Waals surface area contributed by atoms with Crippen molar-refractivity contribution in [2.45, 2.75) is 6.54 Å². The zero-order valence-corrected chi connectivity index (χ0v) is 12.4. The predicted molar refractivity (Wildman–Crippen MR) is 82.2 cm³/mol. The van der Waals surface area contributed by atoms with Crippen LogP contribution in [0.4, 0.5) is 5.69 Å². The topological polar surface area (TPSA) is 68.4 Å². The molecular weight excluding hydrogens is 336 g/mol. The Labute approximate surface area is 128 Å². The Kier molecular flexibility index (Phi) is 3.57. The fourth-order valence-electron chi connectivity index (χ4n) is 1.94. The Bertz CT molecular complexity index is 851. The standard InChI is InChI=1S/C14H11BrN4O2/c15-10-4-6-11(7-5-10)16-13(20)9-19-14(21)18-8-2-1-3-12(18)17-19/h1-8H,9H2,(H,16,20). The van der Waals surface area contributed by atoms with Crippen LogP contribution < -0.4 is 11.0 Å². The maximum absolute atomic E-state index is 12.0. The number of hydrogen-bond donors (Lipinski definition) is 1. The smallest absolute Gasteiger partial charge is 0.324 e. The van der Waals surface area contributed by atoms with Crippen molar-refractivity contribution in [3.63, 3.8) is 0 Å². The second kappa shape index (κ2) is 5.53. The molecule has 0 aliphatic heterocycles. The SMILES string of the molecule is O=C(Cn1nc2ccccn2c1=O)Nc1ccc(Br)cc1. The molecule has 3 rings (SSSR count). The molecule has 0 unspecified atom stereocenters. The van der Waals surface area contributed by atoms with Gasteiger partial charge in [-0.15, -0.1) is 5.10 Å². The number of hydrogen-bond acceptors (Lipinski definition) is 3. The highest BCUT2D eigenvalue weighted by molar-refractivity contribution is 9.10. The third kappa shape index (κ3) is 2.87. The van der Waals surface area contributed by atoms with E-state index in [2.05, 4.69) is 26.3 Å². The molecule has 2 aromatic heterocycles. The first-order valence-corrected chi connectivity index (χ1v) is 7.02. The summed E-state index contributed by atoms with van der Waals surface area (Å²) in [7, 11) is 0. The monoisotopic (exact) mass is 346 g/mol. The summed E-state index contributed by atoms with van der Waals surface area (Å²) in [4.78, 5) is 24.0. The molecule has 21 heavy (non-hydrogen) atoms. The lowest BCUT2D eigenvalue weighted by atomic mass is 10.3. The summed E-state index contributed by atoms with van der Waals surface area (Å²) in [6.07, 6.45) is 1.62. The van der Waals surface area contributed by atoms with E-state index in [0.717, 1.165) is 9.15 Å². The minimum Gasteiger partial charge on any atom is -0.324 e. The zero-order valence-electron chi connectivity index (χ0n) is 10.9. The summed E-state index contributed by atoms with van der Waals surface area (Å²) in [6, 6.07) is 12.4. The van der Waals surface area contributed by atoms with Gasteiger partial charge in [0.2, 0.25) is 5.91 Å². The van der Waals surface area contributed by atoms with Crippen LogP contribution in [0.3, 0.4) is 0 Å². The number of rotatable bonds is 3. The van der Waals surface area contributed by atoms with E-state index in [1.807, 2.05) is 12.1 Å². The average Bonchev–Trinajstić information content (AvgIpc) is 2.78. The molecule has 0 fully saturated rings. The first-order valence-electron chi connectivity index (χ1n) is 6.23. The van der Waals surface area contributed by atoms with Gasteiger partial charge in [-0.25, -0.2) is 9.48 Å². The van der Waals surface area contributed by atoms with E-state index >= 15 is 0 Å². The normalized spacial score (nSPS) is 10.7. The van der Waals surface area contributed by atoms with Crippen LogP contribution in [-0.4, -0.2) is 20.1 Å². The lowest BCUT2D eigenvalue weighted by Gasteiger charge is -2.04. The van der Waals surface area contributed by atoms with Gasteiger partial charge in [0, 0.05) is 16.4 Å². The van der Waals surface area contributed by atoms with E-state index in [1.165, 1.54) is 4.40 Å². The van der Waals surface area contributed by atoms with Crippen molar-refractivity contribution in [1.29, 1.82) is 0 Å². The van der Waals surface area contributed by atoms with E-state index < -0.39 is 0 Å². The third-order valence-corrected chi connectivity index (χ3v) is 3.44. The number of amides is 1. The molecule has 0 saturated carbocycles. The van der Waals surface area contributed by atoms with Crippen LogP contribution in [0.2, 0.25) is 0 Å². The third-order valence-electron chi connectivity index (χ3n) is 2.91. The molecule has 6 nitrogen and oxygen atoms in total. The van der Waals surface area contributed by atoms with Crippen LogP contribution in [0.5, 0.6) is 0 Å². The van der Waals surface area contributed by atoms with Crippen molar-refractivity contribution in [3.8, 4) is 0 Å². The molecule has 1 amide bonds. The second-order valence-electron chi connectivity index (χ2n) is 4.42. The molecule has 7 heteroatoms. The number of pyridine rings is 1. The molecule has 0 radical (unpaired) electrons. The van der Waals surface area contributed by atoms with Gasteiger partial charge in [0.05, 0.1) is 0 Å². The van der Waals surface area contributed by atoms with E-state index in [0.29, 0.717) is 11.3 Å². The molecular formula is C14H11BrN4O2. The number of carbonyl (C=O) groups is 1. The zero-order chi connectivity index (χ0) is 14.8. The Balaban J connectivity index is 1.78. The molecule has 2 heterocycles. The van der Waals surface area contributed by atoms with Crippen molar-refractivity contribution in [2.24, 2.45) is 0 Å². The lowest BCUT2D eigenvalue weighted by molar-refractivity contribution is -0.117. The Morgan fingerprint density at radius 2 is 1.95 bits per heavy atom. The van der Waals surface area contributed by atoms with E-state index in [9.17, 15) is 9.59 Å². The van der Waals surface area contributed by atoms with Crippen molar-refractivity contribution < 1.29 is 4.79 Å². The van der Waals surface area contributed by atoms with Gasteiger partial charge in [-0.3, -0.25) is 9.20 Å². The summed E-state index contributed by atoms with van der Waals surface area (Å²) < 4.78 is 3.47. The van der Waals surface area contributed by atoms with E-state index in [1.54, 1.807) is 36.5 Å². The molecule has 1 aromatic carbocycles. The molecule has 0 bridgehead atoms. The van der Waals surface area contributed by atoms with Gasteiger partial charge in [0.1, 0.15) is 6.54 Å².